The Labute approximate surface area is 179 Å². The second-order valence-corrected chi connectivity index (χ2v) is 8.48. The lowest BCUT2D eigenvalue weighted by Gasteiger charge is -2.26. The van der Waals surface area contributed by atoms with Crippen LogP contribution in [0.25, 0.3) is 0 Å². The first kappa shape index (κ1) is 22.4. The van der Waals surface area contributed by atoms with Crippen molar-refractivity contribution < 1.29 is 22.5 Å². The maximum absolute atomic E-state index is 13.4. The zero-order valence-corrected chi connectivity index (χ0v) is 18.4. The van der Waals surface area contributed by atoms with Gasteiger partial charge in [-0.25, -0.2) is 4.79 Å². The molecule has 3 rings (SSSR count). The van der Waals surface area contributed by atoms with Gasteiger partial charge in [0.15, 0.2) is 0 Å². The summed E-state index contributed by atoms with van der Waals surface area (Å²) in [6.45, 7) is 3.78. The number of hydrogen-bond donors (Lipinski definition) is 1. The van der Waals surface area contributed by atoms with Crippen molar-refractivity contribution in [2.45, 2.75) is 39.4 Å². The molecule has 1 aromatic carbocycles. The summed E-state index contributed by atoms with van der Waals surface area (Å²) in [7, 11) is -3.12. The van der Waals surface area contributed by atoms with E-state index < -0.39 is 21.9 Å². The standard InChI is InChI=1S/C17H20BClFN2O5PS/c1-11-8-22(17(23)21-16(11)29)6-5-14(26-18(2)20)10-25-28-24-9-12-7-13(19)3-4-15(12)27-28/h3-4,7-8,14H,5-6,9-10H2,1-2H3,(H,21,23,29). The molecule has 1 aliphatic rings. The molecule has 1 aliphatic heterocycles. The first-order valence-corrected chi connectivity index (χ1v) is 10.8. The molecular formula is C17H20BClFN2O5PS. The molecule has 2 unspecified atom stereocenters. The molecule has 7 nitrogen and oxygen atoms in total. The highest BCUT2D eigenvalue weighted by Crippen LogP contribution is 2.47. The van der Waals surface area contributed by atoms with Crippen LogP contribution in [0, 0.1) is 11.6 Å². The van der Waals surface area contributed by atoms with Gasteiger partial charge in [0.1, 0.15) is 10.4 Å². The Bertz CT molecular complexity index is 976. The average molecular weight is 461 g/mol. The van der Waals surface area contributed by atoms with Crippen LogP contribution in [0.3, 0.4) is 0 Å². The molecule has 156 valence electrons. The number of aromatic amines is 1. The Hall–Kier alpha value is -1.29. The van der Waals surface area contributed by atoms with E-state index >= 15 is 0 Å². The minimum absolute atomic E-state index is 0.0550. The number of benzene rings is 1. The van der Waals surface area contributed by atoms with E-state index in [2.05, 4.69) is 4.98 Å². The number of nitrogens with one attached hydrogen (secondary N) is 1. The van der Waals surface area contributed by atoms with E-state index in [1.807, 2.05) is 0 Å². The van der Waals surface area contributed by atoms with Crippen LogP contribution >= 0.6 is 32.4 Å². The highest BCUT2D eigenvalue weighted by molar-refractivity contribution is 7.71. The first-order chi connectivity index (χ1) is 13.8. The quantitative estimate of drug-likeness (QED) is 0.353. The van der Waals surface area contributed by atoms with Crippen LogP contribution in [0.5, 0.6) is 5.75 Å². The molecule has 0 radical (unpaired) electrons. The Kier molecular flexibility index (Phi) is 7.84. The predicted octanol–water partition coefficient (Wildman–Crippen LogP) is 4.58. The monoisotopic (exact) mass is 460 g/mol. The number of aromatic nitrogens is 2. The number of halogens is 2. The third-order valence-electron chi connectivity index (χ3n) is 4.15. The molecule has 0 spiro atoms. The van der Waals surface area contributed by atoms with Crippen molar-refractivity contribution in [3.8, 4) is 5.75 Å². The second-order valence-electron chi connectivity index (χ2n) is 6.49. The van der Waals surface area contributed by atoms with Gasteiger partial charge in [-0.05, 0) is 38.4 Å². The van der Waals surface area contributed by atoms with Gasteiger partial charge in [0.2, 0.25) is 0 Å². The number of aryl methyl sites for hydroxylation is 2. The SMILES string of the molecule is CB(F)OC(CCn1cc(C)c(=S)[nH]c1=O)COP1OCc2cc(Cl)ccc2O1. The normalized spacial score (nSPS) is 16.8. The highest BCUT2D eigenvalue weighted by atomic mass is 35.5. The van der Waals surface area contributed by atoms with Gasteiger partial charge in [0.05, 0.1) is 19.3 Å². The third-order valence-corrected chi connectivity index (χ3v) is 5.85. The van der Waals surface area contributed by atoms with E-state index in [9.17, 15) is 9.11 Å². The van der Waals surface area contributed by atoms with Gasteiger partial charge < -0.3 is 13.7 Å². The number of H-pyrrole nitrogens is 1. The van der Waals surface area contributed by atoms with Gasteiger partial charge >= 0.3 is 21.5 Å². The molecule has 29 heavy (non-hydrogen) atoms. The number of fused-ring (bicyclic) bond motifs is 1. The van der Waals surface area contributed by atoms with Crippen LogP contribution in [-0.2, 0) is 26.9 Å². The van der Waals surface area contributed by atoms with Crippen molar-refractivity contribution in [3.05, 3.63) is 55.7 Å². The van der Waals surface area contributed by atoms with Crippen LogP contribution in [0.1, 0.15) is 17.5 Å². The Morgan fingerprint density at radius 3 is 3.07 bits per heavy atom. The number of nitrogens with zero attached hydrogens (tertiary/aromatic N) is 1. The minimum Gasteiger partial charge on any atom is -0.426 e. The first-order valence-electron chi connectivity index (χ1n) is 8.94. The maximum atomic E-state index is 13.4. The van der Waals surface area contributed by atoms with E-state index in [4.69, 9.17) is 42.0 Å². The molecule has 0 saturated heterocycles. The number of rotatable bonds is 8. The Balaban J connectivity index is 1.58. The Morgan fingerprint density at radius 1 is 1.52 bits per heavy atom. The Morgan fingerprint density at radius 2 is 2.31 bits per heavy atom. The average Bonchev–Trinajstić information content (AvgIpc) is 2.67. The minimum atomic E-state index is -1.64. The van der Waals surface area contributed by atoms with Crippen molar-refractivity contribution in [3.63, 3.8) is 0 Å². The van der Waals surface area contributed by atoms with E-state index in [1.54, 1.807) is 31.3 Å². The van der Waals surface area contributed by atoms with Crippen LogP contribution in [0.4, 0.5) is 4.32 Å². The summed E-state index contributed by atoms with van der Waals surface area (Å²) in [5, 5.41) is 0.597. The van der Waals surface area contributed by atoms with E-state index in [0.29, 0.717) is 35.0 Å². The molecule has 0 fully saturated rings. The molecule has 2 atom stereocenters. The van der Waals surface area contributed by atoms with Crippen LogP contribution in [-0.4, -0.2) is 29.5 Å². The molecule has 1 aromatic heterocycles. The molecular weight excluding hydrogens is 441 g/mol. The van der Waals surface area contributed by atoms with Gasteiger partial charge in [-0.15, -0.1) is 0 Å². The smallest absolute Gasteiger partial charge is 0.426 e. The second kappa shape index (κ2) is 10.2. The lowest BCUT2D eigenvalue weighted by molar-refractivity contribution is 0.0878. The molecule has 0 bridgehead atoms. The highest BCUT2D eigenvalue weighted by Gasteiger charge is 2.26. The fourth-order valence-electron chi connectivity index (χ4n) is 2.71. The maximum Gasteiger partial charge on any atom is 0.496 e. The van der Waals surface area contributed by atoms with Gasteiger partial charge in [-0.1, -0.05) is 23.8 Å². The molecule has 0 saturated carbocycles. The van der Waals surface area contributed by atoms with E-state index in [-0.39, 0.29) is 12.3 Å². The van der Waals surface area contributed by atoms with Crippen molar-refractivity contribution >= 4 is 39.6 Å². The molecule has 0 aliphatic carbocycles. The van der Waals surface area contributed by atoms with Gasteiger partial charge in [-0.2, -0.15) is 0 Å². The van der Waals surface area contributed by atoms with Crippen LogP contribution in [0.2, 0.25) is 11.8 Å². The summed E-state index contributed by atoms with van der Waals surface area (Å²) >= 11 is 11.0. The summed E-state index contributed by atoms with van der Waals surface area (Å²) in [5.74, 6) is 0.643. The fourth-order valence-corrected chi connectivity index (χ4v) is 4.10. The molecule has 2 heterocycles. The van der Waals surface area contributed by atoms with E-state index in [1.165, 1.54) is 11.4 Å². The summed E-state index contributed by atoms with van der Waals surface area (Å²) in [4.78, 5) is 14.6. The summed E-state index contributed by atoms with van der Waals surface area (Å²) in [5.41, 5.74) is 1.28. The molecule has 0 amide bonds. The van der Waals surface area contributed by atoms with Crippen molar-refractivity contribution in [1.82, 2.24) is 9.55 Å². The van der Waals surface area contributed by atoms with Gasteiger partial charge in [0, 0.05) is 28.9 Å². The van der Waals surface area contributed by atoms with Gasteiger partial charge in [0.25, 0.3) is 0 Å². The van der Waals surface area contributed by atoms with Crippen molar-refractivity contribution in [2.75, 3.05) is 6.61 Å². The zero-order valence-electron chi connectivity index (χ0n) is 15.9. The van der Waals surface area contributed by atoms with Crippen LogP contribution < -0.4 is 10.2 Å². The van der Waals surface area contributed by atoms with Gasteiger partial charge in [-0.3, -0.25) is 18.3 Å². The lowest BCUT2D eigenvalue weighted by Crippen LogP contribution is -2.30. The summed E-state index contributed by atoms with van der Waals surface area (Å²) in [6, 6.07) is 5.25. The third kappa shape index (κ3) is 6.34. The van der Waals surface area contributed by atoms with Crippen molar-refractivity contribution in [2.24, 2.45) is 0 Å². The number of hydrogen-bond acceptors (Lipinski definition) is 6. The molecule has 12 heteroatoms. The predicted molar refractivity (Wildman–Crippen MR) is 113 cm³/mol. The fraction of sp³-hybridized carbons (Fsp3) is 0.412. The largest absolute Gasteiger partial charge is 0.496 e. The lowest BCUT2D eigenvalue weighted by atomic mass is 9.99. The zero-order chi connectivity index (χ0) is 21.0. The summed E-state index contributed by atoms with van der Waals surface area (Å²) < 4.78 is 37.5. The molecule has 2 aromatic rings. The van der Waals surface area contributed by atoms with Crippen molar-refractivity contribution in [1.29, 1.82) is 0 Å². The van der Waals surface area contributed by atoms with E-state index in [0.717, 1.165) is 11.1 Å². The molecule has 1 N–H and O–H groups in total. The van der Waals surface area contributed by atoms with Crippen LogP contribution in [0.15, 0.2) is 29.2 Å². The topological polar surface area (TPSA) is 74.7 Å². The summed E-state index contributed by atoms with van der Waals surface area (Å²) in [6.07, 6.45) is 1.43.